The SMILES string of the molecule is CN=C(NCCCNC(=O)OC(C)(C)C)NCc1cccc(N(C)C)c1. The van der Waals surface area contributed by atoms with Crippen LogP contribution in [-0.4, -0.2) is 51.9 Å². The summed E-state index contributed by atoms with van der Waals surface area (Å²) in [6.07, 6.45) is 0.386. The maximum Gasteiger partial charge on any atom is 0.407 e. The highest BCUT2D eigenvalue weighted by Crippen LogP contribution is 2.13. The van der Waals surface area contributed by atoms with Gasteiger partial charge in [-0.1, -0.05) is 12.1 Å². The topological polar surface area (TPSA) is 78.0 Å². The summed E-state index contributed by atoms with van der Waals surface area (Å²) in [5.74, 6) is 0.734. The Bertz CT molecular complexity index is 594. The first-order chi connectivity index (χ1) is 12.2. The zero-order valence-corrected chi connectivity index (χ0v) is 16.8. The van der Waals surface area contributed by atoms with Gasteiger partial charge in [-0.15, -0.1) is 0 Å². The summed E-state index contributed by atoms with van der Waals surface area (Å²) < 4.78 is 5.19. The van der Waals surface area contributed by atoms with Crippen LogP contribution >= 0.6 is 0 Å². The number of carbonyl (C=O) groups is 1. The first-order valence-corrected chi connectivity index (χ1v) is 8.89. The van der Waals surface area contributed by atoms with Gasteiger partial charge in [-0.05, 0) is 44.9 Å². The number of nitrogens with zero attached hydrogens (tertiary/aromatic N) is 2. The van der Waals surface area contributed by atoms with Gasteiger partial charge in [-0.25, -0.2) is 4.79 Å². The second kappa shape index (κ2) is 10.5. The second-order valence-electron chi connectivity index (χ2n) is 7.20. The van der Waals surface area contributed by atoms with Crippen LogP contribution in [0.4, 0.5) is 10.5 Å². The average Bonchev–Trinajstić information content (AvgIpc) is 2.56. The molecule has 0 heterocycles. The third kappa shape index (κ3) is 9.15. The van der Waals surface area contributed by atoms with Crippen molar-refractivity contribution in [2.24, 2.45) is 4.99 Å². The van der Waals surface area contributed by atoms with E-state index in [0.29, 0.717) is 19.6 Å². The zero-order chi connectivity index (χ0) is 19.6. The van der Waals surface area contributed by atoms with Gasteiger partial charge in [0.15, 0.2) is 5.96 Å². The molecule has 1 amide bonds. The van der Waals surface area contributed by atoms with Crippen LogP contribution in [0.2, 0.25) is 0 Å². The van der Waals surface area contributed by atoms with Crippen LogP contribution in [0.5, 0.6) is 0 Å². The fraction of sp³-hybridized carbons (Fsp3) is 0.579. The molecule has 0 fully saturated rings. The maximum absolute atomic E-state index is 11.6. The van der Waals surface area contributed by atoms with Gasteiger partial charge in [0, 0.05) is 46.5 Å². The van der Waals surface area contributed by atoms with E-state index in [-0.39, 0.29) is 6.09 Å². The van der Waals surface area contributed by atoms with Crippen molar-refractivity contribution in [1.29, 1.82) is 0 Å². The monoisotopic (exact) mass is 363 g/mol. The molecule has 0 spiro atoms. The molecule has 26 heavy (non-hydrogen) atoms. The number of alkyl carbamates (subject to hydrolysis) is 1. The van der Waals surface area contributed by atoms with Gasteiger partial charge >= 0.3 is 6.09 Å². The standard InChI is InChI=1S/C19H33N5O2/c1-19(2,3)26-18(25)22-12-8-11-21-17(20-4)23-14-15-9-7-10-16(13-15)24(5)6/h7,9-10,13H,8,11-12,14H2,1-6H3,(H,22,25)(H2,20,21,23). The molecule has 0 aliphatic rings. The quantitative estimate of drug-likeness (QED) is 0.394. The number of guanidine groups is 1. The summed E-state index contributed by atoms with van der Waals surface area (Å²) in [6, 6.07) is 8.35. The molecule has 7 heteroatoms. The number of aliphatic imine (C=N–C) groups is 1. The molecule has 7 nitrogen and oxygen atoms in total. The number of rotatable bonds is 7. The van der Waals surface area contributed by atoms with Gasteiger partial charge in [0.25, 0.3) is 0 Å². The molecule has 0 atom stereocenters. The fourth-order valence-electron chi connectivity index (χ4n) is 2.15. The number of carbonyl (C=O) groups excluding carboxylic acids is 1. The molecule has 0 aliphatic carbocycles. The van der Waals surface area contributed by atoms with Gasteiger partial charge in [0.1, 0.15) is 5.60 Å². The molecule has 0 bridgehead atoms. The smallest absolute Gasteiger partial charge is 0.407 e. The molecule has 0 saturated heterocycles. The fourth-order valence-corrected chi connectivity index (χ4v) is 2.15. The molecular weight excluding hydrogens is 330 g/mol. The van der Waals surface area contributed by atoms with Crippen molar-refractivity contribution < 1.29 is 9.53 Å². The minimum atomic E-state index is -0.474. The van der Waals surface area contributed by atoms with Crippen molar-refractivity contribution in [1.82, 2.24) is 16.0 Å². The number of benzene rings is 1. The Morgan fingerprint density at radius 2 is 1.85 bits per heavy atom. The van der Waals surface area contributed by atoms with Gasteiger partial charge < -0.3 is 25.6 Å². The summed E-state index contributed by atoms with van der Waals surface area (Å²) in [5.41, 5.74) is 1.88. The highest BCUT2D eigenvalue weighted by atomic mass is 16.6. The lowest BCUT2D eigenvalue weighted by molar-refractivity contribution is 0.0527. The lowest BCUT2D eigenvalue weighted by Crippen LogP contribution is -2.39. The predicted octanol–water partition coefficient (Wildman–Crippen LogP) is 2.33. The molecule has 146 valence electrons. The van der Waals surface area contributed by atoms with Crippen LogP contribution in [-0.2, 0) is 11.3 Å². The molecule has 0 aliphatic heterocycles. The summed E-state index contributed by atoms with van der Waals surface area (Å²) in [7, 11) is 5.79. The normalized spacial score (nSPS) is 11.7. The summed E-state index contributed by atoms with van der Waals surface area (Å²) in [4.78, 5) is 17.8. The minimum Gasteiger partial charge on any atom is -0.444 e. The van der Waals surface area contributed by atoms with Crippen molar-refractivity contribution in [3.63, 3.8) is 0 Å². The van der Waals surface area contributed by atoms with Crippen molar-refractivity contribution in [2.45, 2.75) is 39.3 Å². The lowest BCUT2D eigenvalue weighted by atomic mass is 10.2. The van der Waals surface area contributed by atoms with Crippen molar-refractivity contribution in [3.05, 3.63) is 29.8 Å². The summed E-state index contributed by atoms with van der Waals surface area (Å²) >= 11 is 0. The third-order valence-electron chi connectivity index (χ3n) is 3.42. The van der Waals surface area contributed by atoms with Crippen LogP contribution < -0.4 is 20.9 Å². The van der Waals surface area contributed by atoms with Crippen molar-refractivity contribution in [3.8, 4) is 0 Å². The highest BCUT2D eigenvalue weighted by Gasteiger charge is 2.15. The number of hydrogen-bond donors (Lipinski definition) is 3. The van der Waals surface area contributed by atoms with E-state index in [2.05, 4.69) is 44.0 Å². The van der Waals surface area contributed by atoms with Crippen molar-refractivity contribution >= 4 is 17.7 Å². The van der Waals surface area contributed by atoms with Gasteiger partial charge in [-0.2, -0.15) is 0 Å². The van der Waals surface area contributed by atoms with E-state index in [0.717, 1.165) is 12.4 Å². The molecule has 0 aromatic heterocycles. The minimum absolute atomic E-state index is 0.388. The number of hydrogen-bond acceptors (Lipinski definition) is 4. The first kappa shape index (κ1) is 21.6. The second-order valence-corrected chi connectivity index (χ2v) is 7.20. The predicted molar refractivity (Wildman–Crippen MR) is 108 cm³/mol. The van der Waals surface area contributed by atoms with Gasteiger partial charge in [0.2, 0.25) is 0 Å². The Hall–Kier alpha value is -2.44. The van der Waals surface area contributed by atoms with Crippen molar-refractivity contribution in [2.75, 3.05) is 39.1 Å². The third-order valence-corrected chi connectivity index (χ3v) is 3.42. The number of amides is 1. The van der Waals surface area contributed by atoms with E-state index in [1.54, 1.807) is 7.05 Å². The molecule has 3 N–H and O–H groups in total. The maximum atomic E-state index is 11.6. The van der Waals surface area contributed by atoms with Crippen LogP contribution in [0.25, 0.3) is 0 Å². The van der Waals surface area contributed by atoms with E-state index >= 15 is 0 Å². The lowest BCUT2D eigenvalue weighted by Gasteiger charge is -2.19. The molecule has 1 rings (SSSR count). The molecule has 1 aromatic rings. The van der Waals surface area contributed by atoms with E-state index < -0.39 is 5.60 Å². The number of nitrogens with one attached hydrogen (secondary N) is 3. The Balaban J connectivity index is 2.27. The van der Waals surface area contributed by atoms with Gasteiger partial charge in [-0.3, -0.25) is 4.99 Å². The van der Waals surface area contributed by atoms with Crippen LogP contribution in [0.3, 0.4) is 0 Å². The molecule has 0 unspecified atom stereocenters. The Kier molecular flexibility index (Phi) is 8.75. The van der Waals surface area contributed by atoms with E-state index in [1.165, 1.54) is 11.3 Å². The van der Waals surface area contributed by atoms with E-state index in [4.69, 9.17) is 4.74 Å². The molecule has 0 saturated carbocycles. The molecule has 1 aromatic carbocycles. The number of ether oxygens (including phenoxy) is 1. The Morgan fingerprint density at radius 1 is 1.15 bits per heavy atom. The molecule has 0 radical (unpaired) electrons. The average molecular weight is 364 g/mol. The van der Waals surface area contributed by atoms with Crippen LogP contribution in [0.15, 0.2) is 29.3 Å². The van der Waals surface area contributed by atoms with E-state index in [9.17, 15) is 4.79 Å². The Morgan fingerprint density at radius 3 is 2.46 bits per heavy atom. The first-order valence-electron chi connectivity index (χ1n) is 8.89. The summed E-state index contributed by atoms with van der Waals surface area (Å²) in [5, 5.41) is 9.27. The Labute approximate surface area is 157 Å². The zero-order valence-electron chi connectivity index (χ0n) is 16.8. The molecular formula is C19H33N5O2. The van der Waals surface area contributed by atoms with Gasteiger partial charge in [0.05, 0.1) is 0 Å². The van der Waals surface area contributed by atoms with Crippen LogP contribution in [0, 0.1) is 0 Å². The van der Waals surface area contributed by atoms with E-state index in [1.807, 2.05) is 40.9 Å². The highest BCUT2D eigenvalue weighted by molar-refractivity contribution is 5.79. The number of anilines is 1. The largest absolute Gasteiger partial charge is 0.444 e. The summed E-state index contributed by atoms with van der Waals surface area (Å²) in [6.45, 7) is 7.47. The van der Waals surface area contributed by atoms with Crippen LogP contribution in [0.1, 0.15) is 32.8 Å².